The molecule has 1 N–H and O–H groups in total. The van der Waals surface area contributed by atoms with Crippen LogP contribution in [0.4, 0.5) is 13.2 Å². The maximum atomic E-state index is 13.1. The first kappa shape index (κ1) is 27.0. The molecule has 1 aromatic heterocycles. The molecule has 1 amide bonds. The van der Waals surface area contributed by atoms with E-state index in [9.17, 15) is 18.0 Å². The van der Waals surface area contributed by atoms with Gasteiger partial charge in [0.15, 0.2) is 0 Å². The van der Waals surface area contributed by atoms with E-state index < -0.39 is 17.6 Å². The standard InChI is InChI=1S/C30H22ClF3N4O2/c1-19-27(28(31)38(37-19)25-8-4-7-24(16-25)30(32,33)34)17-35-36-29(39)22-11-9-20(10-12-22)18-40-26-14-13-21-5-2-3-6-23(21)15-26/h2-17H,18H2,1H3,(H,36,39)/b35-17-. The topological polar surface area (TPSA) is 68.5 Å². The maximum Gasteiger partial charge on any atom is 0.416 e. The van der Waals surface area contributed by atoms with Gasteiger partial charge in [-0.1, -0.05) is 60.1 Å². The second kappa shape index (κ2) is 11.2. The van der Waals surface area contributed by atoms with Gasteiger partial charge in [-0.15, -0.1) is 0 Å². The van der Waals surface area contributed by atoms with Crippen molar-refractivity contribution in [1.82, 2.24) is 15.2 Å². The van der Waals surface area contributed by atoms with Crippen LogP contribution in [0, 0.1) is 6.92 Å². The Morgan fingerprint density at radius 1 is 1.00 bits per heavy atom. The highest BCUT2D eigenvalue weighted by Gasteiger charge is 2.30. The number of ether oxygens (including phenoxy) is 1. The van der Waals surface area contributed by atoms with Crippen molar-refractivity contribution in [3.63, 3.8) is 0 Å². The number of hydrazone groups is 1. The normalized spacial score (nSPS) is 11.7. The Labute approximate surface area is 232 Å². The number of carbonyl (C=O) groups excluding carboxylic acids is 1. The Balaban J connectivity index is 1.21. The summed E-state index contributed by atoms with van der Waals surface area (Å²) in [6.07, 6.45) is -3.19. The first-order chi connectivity index (χ1) is 19.2. The van der Waals surface area contributed by atoms with Crippen molar-refractivity contribution in [3.05, 3.63) is 124 Å². The SMILES string of the molecule is Cc1nn(-c2cccc(C(F)(F)F)c2)c(Cl)c1/C=N\NC(=O)c1ccc(COc2ccc3ccccc3c2)cc1. The van der Waals surface area contributed by atoms with Crippen molar-refractivity contribution in [2.75, 3.05) is 0 Å². The fraction of sp³-hybridized carbons (Fsp3) is 0.100. The Hall–Kier alpha value is -4.63. The summed E-state index contributed by atoms with van der Waals surface area (Å²) in [4.78, 5) is 12.6. The number of nitrogens with zero attached hydrogens (tertiary/aromatic N) is 3. The first-order valence-corrected chi connectivity index (χ1v) is 12.5. The molecule has 0 atom stereocenters. The third kappa shape index (κ3) is 6.00. The summed E-state index contributed by atoms with van der Waals surface area (Å²) >= 11 is 6.39. The van der Waals surface area contributed by atoms with Gasteiger partial charge in [0, 0.05) is 5.56 Å². The van der Waals surface area contributed by atoms with Crippen molar-refractivity contribution in [2.24, 2.45) is 5.10 Å². The van der Waals surface area contributed by atoms with E-state index in [1.807, 2.05) is 42.5 Å². The molecule has 0 fully saturated rings. The molecule has 1 heterocycles. The van der Waals surface area contributed by atoms with Crippen LogP contribution in [-0.2, 0) is 12.8 Å². The molecule has 10 heteroatoms. The first-order valence-electron chi connectivity index (χ1n) is 12.2. The number of alkyl halides is 3. The smallest absolute Gasteiger partial charge is 0.416 e. The van der Waals surface area contributed by atoms with Gasteiger partial charge >= 0.3 is 6.18 Å². The summed E-state index contributed by atoms with van der Waals surface area (Å²) < 4.78 is 46.4. The second-order valence-corrected chi connectivity index (χ2v) is 9.30. The lowest BCUT2D eigenvalue weighted by molar-refractivity contribution is -0.137. The molecule has 0 bridgehead atoms. The number of nitrogens with one attached hydrogen (secondary N) is 1. The van der Waals surface area contributed by atoms with Gasteiger partial charge in [-0.05, 0) is 65.7 Å². The fourth-order valence-electron chi connectivity index (χ4n) is 4.04. The van der Waals surface area contributed by atoms with Crippen LogP contribution in [0.1, 0.15) is 32.7 Å². The quantitative estimate of drug-likeness (QED) is 0.167. The molecule has 0 saturated heterocycles. The third-order valence-corrected chi connectivity index (χ3v) is 6.53. The minimum Gasteiger partial charge on any atom is -0.489 e. The Kier molecular flexibility index (Phi) is 7.57. The summed E-state index contributed by atoms with van der Waals surface area (Å²) in [5, 5.41) is 10.5. The molecule has 4 aromatic carbocycles. The molecule has 0 unspecified atom stereocenters. The molecule has 0 aliphatic rings. The van der Waals surface area contributed by atoms with E-state index in [0.29, 0.717) is 23.4 Å². The van der Waals surface area contributed by atoms with Crippen LogP contribution in [0.5, 0.6) is 5.75 Å². The summed E-state index contributed by atoms with van der Waals surface area (Å²) in [5.41, 5.74) is 3.82. The van der Waals surface area contributed by atoms with Crippen LogP contribution in [-0.4, -0.2) is 21.9 Å². The van der Waals surface area contributed by atoms with Gasteiger partial charge < -0.3 is 4.74 Å². The van der Waals surface area contributed by atoms with E-state index in [0.717, 1.165) is 34.2 Å². The minimum absolute atomic E-state index is 0.0607. The highest BCUT2D eigenvalue weighted by atomic mass is 35.5. The van der Waals surface area contributed by atoms with Gasteiger partial charge in [0.05, 0.1) is 28.7 Å². The van der Waals surface area contributed by atoms with Crippen molar-refractivity contribution < 1.29 is 22.7 Å². The Morgan fingerprint density at radius 3 is 2.50 bits per heavy atom. The van der Waals surface area contributed by atoms with Crippen molar-refractivity contribution in [2.45, 2.75) is 19.7 Å². The van der Waals surface area contributed by atoms with E-state index >= 15 is 0 Å². The van der Waals surface area contributed by atoms with Crippen LogP contribution >= 0.6 is 11.6 Å². The molecule has 0 saturated carbocycles. The molecule has 0 aliphatic carbocycles. The Bertz CT molecular complexity index is 1710. The van der Waals surface area contributed by atoms with E-state index in [1.165, 1.54) is 23.0 Å². The summed E-state index contributed by atoms with van der Waals surface area (Å²) in [6, 6.07) is 25.5. The maximum absolute atomic E-state index is 13.1. The van der Waals surface area contributed by atoms with Crippen LogP contribution in [0.3, 0.4) is 0 Å². The minimum atomic E-state index is -4.50. The summed E-state index contributed by atoms with van der Waals surface area (Å²) in [5.74, 6) is 0.303. The second-order valence-electron chi connectivity index (χ2n) is 8.94. The molecular weight excluding hydrogens is 541 g/mol. The zero-order valence-corrected chi connectivity index (χ0v) is 21.9. The van der Waals surface area contributed by atoms with Crippen molar-refractivity contribution >= 4 is 34.5 Å². The van der Waals surface area contributed by atoms with E-state index in [1.54, 1.807) is 31.2 Å². The zero-order valence-electron chi connectivity index (χ0n) is 21.1. The van der Waals surface area contributed by atoms with Gasteiger partial charge in [0.2, 0.25) is 0 Å². The number of benzene rings is 4. The number of rotatable bonds is 7. The summed E-state index contributed by atoms with van der Waals surface area (Å²) in [6.45, 7) is 1.98. The number of aryl methyl sites for hydroxylation is 1. The lowest BCUT2D eigenvalue weighted by atomic mass is 10.1. The van der Waals surface area contributed by atoms with Crippen molar-refractivity contribution in [3.8, 4) is 11.4 Å². The molecular formula is C30H22ClF3N4O2. The van der Waals surface area contributed by atoms with Gasteiger partial charge in [0.25, 0.3) is 5.91 Å². The summed E-state index contributed by atoms with van der Waals surface area (Å²) in [7, 11) is 0. The number of hydrogen-bond acceptors (Lipinski definition) is 4. The molecule has 6 nitrogen and oxygen atoms in total. The molecule has 0 spiro atoms. The largest absolute Gasteiger partial charge is 0.489 e. The van der Waals surface area contributed by atoms with Crippen LogP contribution in [0.2, 0.25) is 5.15 Å². The molecule has 0 radical (unpaired) electrons. The predicted octanol–water partition coefficient (Wildman–Crippen LogP) is 7.35. The monoisotopic (exact) mass is 562 g/mol. The third-order valence-electron chi connectivity index (χ3n) is 6.17. The molecule has 40 heavy (non-hydrogen) atoms. The van der Waals surface area contributed by atoms with Crippen LogP contribution < -0.4 is 10.2 Å². The Morgan fingerprint density at radius 2 is 1.75 bits per heavy atom. The number of halogens is 4. The van der Waals surface area contributed by atoms with Gasteiger partial charge in [-0.2, -0.15) is 23.4 Å². The number of hydrogen-bond donors (Lipinski definition) is 1. The van der Waals surface area contributed by atoms with Gasteiger partial charge in [-0.3, -0.25) is 4.79 Å². The molecule has 0 aliphatic heterocycles. The fourth-order valence-corrected chi connectivity index (χ4v) is 4.36. The highest BCUT2D eigenvalue weighted by molar-refractivity contribution is 6.32. The average Bonchev–Trinajstić information content (AvgIpc) is 3.24. The van der Waals surface area contributed by atoms with E-state index in [4.69, 9.17) is 16.3 Å². The number of carbonyl (C=O) groups is 1. The lowest BCUT2D eigenvalue weighted by Crippen LogP contribution is -2.17. The lowest BCUT2D eigenvalue weighted by Gasteiger charge is -2.09. The number of aromatic nitrogens is 2. The van der Waals surface area contributed by atoms with Crippen LogP contribution in [0.25, 0.3) is 16.5 Å². The molecule has 5 aromatic rings. The van der Waals surface area contributed by atoms with Crippen molar-refractivity contribution in [1.29, 1.82) is 0 Å². The zero-order chi connectivity index (χ0) is 28.3. The van der Waals surface area contributed by atoms with Gasteiger partial charge in [0.1, 0.15) is 17.5 Å². The molecule has 5 rings (SSSR count). The van der Waals surface area contributed by atoms with E-state index in [-0.39, 0.29) is 10.8 Å². The van der Waals surface area contributed by atoms with E-state index in [2.05, 4.69) is 15.6 Å². The predicted molar refractivity (Wildman–Crippen MR) is 148 cm³/mol. The average molecular weight is 563 g/mol. The van der Waals surface area contributed by atoms with Gasteiger partial charge in [-0.25, -0.2) is 10.1 Å². The number of fused-ring (bicyclic) bond motifs is 1. The molecule has 202 valence electrons. The number of amides is 1. The van der Waals surface area contributed by atoms with Crippen LogP contribution in [0.15, 0.2) is 96.1 Å². The highest BCUT2D eigenvalue weighted by Crippen LogP contribution is 2.31.